The monoisotopic (exact) mass is 387 g/mol. The van der Waals surface area contributed by atoms with E-state index in [-0.39, 0.29) is 30.5 Å². The lowest BCUT2D eigenvalue weighted by Gasteiger charge is -2.20. The largest absolute Gasteiger partial charge is 0.461 e. The van der Waals surface area contributed by atoms with Crippen molar-refractivity contribution in [3.8, 4) is 0 Å². The number of thiazole rings is 1. The summed E-state index contributed by atoms with van der Waals surface area (Å²) in [6.45, 7) is 6.26. The molecule has 0 unspecified atom stereocenters. The van der Waals surface area contributed by atoms with Crippen molar-refractivity contribution in [1.29, 1.82) is 0 Å². The van der Waals surface area contributed by atoms with E-state index in [2.05, 4.69) is 10.3 Å². The molecule has 0 bridgehead atoms. The third-order valence-corrected chi connectivity index (χ3v) is 5.34. The van der Waals surface area contributed by atoms with Crippen LogP contribution >= 0.6 is 11.3 Å². The summed E-state index contributed by atoms with van der Waals surface area (Å²) in [5.74, 6) is -1.34. The molecule has 142 valence electrons. The number of carbonyl (C=O) groups is 3. The fourth-order valence-electron chi connectivity index (χ4n) is 2.98. The molecule has 1 fully saturated rings. The molecule has 1 aliphatic heterocycles. The molecule has 1 atom stereocenters. The molecular weight excluding hydrogens is 366 g/mol. The van der Waals surface area contributed by atoms with Gasteiger partial charge in [-0.15, -0.1) is 11.3 Å². The molecule has 0 saturated carbocycles. The summed E-state index contributed by atoms with van der Waals surface area (Å²) in [5.41, 5.74) is 3.14. The fraction of sp³-hybridized carbons (Fsp3) is 0.368. The van der Waals surface area contributed by atoms with E-state index >= 15 is 0 Å². The first-order valence-corrected chi connectivity index (χ1v) is 9.58. The van der Waals surface area contributed by atoms with Gasteiger partial charge in [-0.25, -0.2) is 9.78 Å². The number of benzene rings is 1. The molecule has 2 aromatic rings. The summed E-state index contributed by atoms with van der Waals surface area (Å²) >= 11 is 1.15. The fourth-order valence-corrected chi connectivity index (χ4v) is 3.66. The lowest BCUT2D eigenvalue weighted by Crippen LogP contribution is -2.28. The lowest BCUT2D eigenvalue weighted by atomic mass is 10.1. The smallest absolute Gasteiger partial charge is 0.357 e. The molecule has 2 amide bonds. The summed E-state index contributed by atoms with van der Waals surface area (Å²) < 4.78 is 4.89. The minimum absolute atomic E-state index is 0.0739. The van der Waals surface area contributed by atoms with E-state index in [1.54, 1.807) is 11.8 Å². The minimum atomic E-state index is -0.522. The van der Waals surface area contributed by atoms with E-state index in [9.17, 15) is 14.4 Å². The topological polar surface area (TPSA) is 88.6 Å². The quantitative estimate of drug-likeness (QED) is 0.797. The summed E-state index contributed by atoms with van der Waals surface area (Å²) in [5, 5.41) is 4.56. The second-order valence-electron chi connectivity index (χ2n) is 6.37. The average Bonchev–Trinajstić information content (AvgIpc) is 3.24. The molecule has 1 N–H and O–H groups in total. The van der Waals surface area contributed by atoms with Gasteiger partial charge in [0.1, 0.15) is 0 Å². The zero-order valence-electron chi connectivity index (χ0n) is 15.4. The molecule has 1 aromatic heterocycles. The van der Waals surface area contributed by atoms with Crippen molar-refractivity contribution in [2.75, 3.05) is 23.4 Å². The van der Waals surface area contributed by atoms with Gasteiger partial charge in [0.05, 0.1) is 12.5 Å². The molecule has 0 spiro atoms. The van der Waals surface area contributed by atoms with Crippen LogP contribution in [0.1, 0.15) is 35.0 Å². The highest BCUT2D eigenvalue weighted by Crippen LogP contribution is 2.30. The zero-order chi connectivity index (χ0) is 19.6. The van der Waals surface area contributed by atoms with Crippen LogP contribution < -0.4 is 10.2 Å². The van der Waals surface area contributed by atoms with Crippen LogP contribution in [0.4, 0.5) is 10.8 Å². The Bertz CT molecular complexity index is 893. The van der Waals surface area contributed by atoms with Crippen LogP contribution in [0.3, 0.4) is 0 Å². The Kier molecular flexibility index (Phi) is 5.55. The molecule has 1 aliphatic rings. The van der Waals surface area contributed by atoms with Crippen molar-refractivity contribution in [3.63, 3.8) is 0 Å². The number of anilines is 2. The molecule has 0 aliphatic carbocycles. The van der Waals surface area contributed by atoms with Gasteiger partial charge in [-0.1, -0.05) is 12.1 Å². The van der Waals surface area contributed by atoms with E-state index < -0.39 is 11.9 Å². The number of nitrogens with zero attached hydrogens (tertiary/aromatic N) is 2. The van der Waals surface area contributed by atoms with Crippen LogP contribution in [0.25, 0.3) is 0 Å². The number of nitrogens with one attached hydrogen (secondary N) is 1. The van der Waals surface area contributed by atoms with Gasteiger partial charge in [0, 0.05) is 24.0 Å². The van der Waals surface area contributed by atoms with Gasteiger partial charge in [0.15, 0.2) is 10.8 Å². The standard InChI is InChI=1S/C19H21N3O4S/c1-4-26-18(25)14-10-27-19(20-14)21-17(24)13-8-16(23)22(9-13)15-7-5-6-11(2)12(15)3/h5-7,10,13H,4,8-9H2,1-3H3,(H,20,21,24)/t13-/m1/s1. The third kappa shape index (κ3) is 4.00. The average molecular weight is 387 g/mol. The van der Waals surface area contributed by atoms with Gasteiger partial charge in [-0.05, 0) is 38.0 Å². The highest BCUT2D eigenvalue weighted by Gasteiger charge is 2.36. The molecule has 1 saturated heterocycles. The van der Waals surface area contributed by atoms with Gasteiger partial charge >= 0.3 is 5.97 Å². The van der Waals surface area contributed by atoms with Crippen molar-refractivity contribution in [3.05, 3.63) is 40.4 Å². The van der Waals surface area contributed by atoms with Crippen LogP contribution in [0.15, 0.2) is 23.6 Å². The molecule has 1 aromatic carbocycles. The number of rotatable bonds is 5. The molecule has 27 heavy (non-hydrogen) atoms. The van der Waals surface area contributed by atoms with E-state index in [1.165, 1.54) is 5.38 Å². The highest BCUT2D eigenvalue weighted by atomic mass is 32.1. The van der Waals surface area contributed by atoms with Gasteiger partial charge in [-0.3, -0.25) is 9.59 Å². The maximum Gasteiger partial charge on any atom is 0.357 e. The number of aromatic nitrogens is 1. The van der Waals surface area contributed by atoms with Crippen molar-refractivity contribution < 1.29 is 19.1 Å². The Morgan fingerprint density at radius 1 is 1.37 bits per heavy atom. The summed E-state index contributed by atoms with van der Waals surface area (Å²) in [7, 11) is 0. The number of carbonyl (C=O) groups excluding carboxylic acids is 3. The Hall–Kier alpha value is -2.74. The Labute approximate surface area is 161 Å². The first kappa shape index (κ1) is 19.0. The van der Waals surface area contributed by atoms with Crippen molar-refractivity contribution in [1.82, 2.24) is 4.98 Å². The van der Waals surface area contributed by atoms with E-state index in [0.29, 0.717) is 11.7 Å². The van der Waals surface area contributed by atoms with Crippen LogP contribution in [-0.2, 0) is 14.3 Å². The van der Waals surface area contributed by atoms with E-state index in [1.807, 2.05) is 32.0 Å². The van der Waals surface area contributed by atoms with Gasteiger partial charge in [0.25, 0.3) is 0 Å². The molecule has 2 heterocycles. The molecular formula is C19H21N3O4S. The number of amides is 2. The summed E-state index contributed by atoms with van der Waals surface area (Å²) in [6.07, 6.45) is 0.148. The van der Waals surface area contributed by atoms with Crippen molar-refractivity contribution >= 4 is 39.9 Å². The van der Waals surface area contributed by atoms with Crippen molar-refractivity contribution in [2.24, 2.45) is 5.92 Å². The number of aryl methyl sites for hydroxylation is 1. The summed E-state index contributed by atoms with van der Waals surface area (Å²) in [6, 6.07) is 5.80. The van der Waals surface area contributed by atoms with Crippen LogP contribution in [-0.4, -0.2) is 35.9 Å². The van der Waals surface area contributed by atoms with Gasteiger partial charge in [0.2, 0.25) is 11.8 Å². The number of ether oxygens (including phenoxy) is 1. The third-order valence-electron chi connectivity index (χ3n) is 4.58. The van der Waals surface area contributed by atoms with Crippen LogP contribution in [0, 0.1) is 19.8 Å². The zero-order valence-corrected chi connectivity index (χ0v) is 16.3. The Morgan fingerprint density at radius 3 is 2.89 bits per heavy atom. The lowest BCUT2D eigenvalue weighted by molar-refractivity contribution is -0.122. The first-order valence-electron chi connectivity index (χ1n) is 8.70. The predicted octanol–water partition coefficient (Wildman–Crippen LogP) is 2.93. The van der Waals surface area contributed by atoms with Crippen LogP contribution in [0.5, 0.6) is 0 Å². The second-order valence-corrected chi connectivity index (χ2v) is 7.23. The SMILES string of the molecule is CCOC(=O)c1csc(NC(=O)[C@@H]2CC(=O)N(c3cccc(C)c3C)C2)n1. The Morgan fingerprint density at radius 2 is 2.15 bits per heavy atom. The maximum atomic E-state index is 12.6. The Balaban J connectivity index is 1.67. The van der Waals surface area contributed by atoms with Crippen molar-refractivity contribution in [2.45, 2.75) is 27.2 Å². The molecule has 0 radical (unpaired) electrons. The first-order chi connectivity index (χ1) is 12.9. The maximum absolute atomic E-state index is 12.6. The normalized spacial score (nSPS) is 16.5. The number of esters is 1. The van der Waals surface area contributed by atoms with Gasteiger partial charge < -0.3 is 15.0 Å². The molecule has 3 rings (SSSR count). The predicted molar refractivity (Wildman–Crippen MR) is 103 cm³/mol. The molecule has 8 heteroatoms. The highest BCUT2D eigenvalue weighted by molar-refractivity contribution is 7.14. The second kappa shape index (κ2) is 7.87. The van der Waals surface area contributed by atoms with Gasteiger partial charge in [-0.2, -0.15) is 0 Å². The number of hydrogen-bond acceptors (Lipinski definition) is 6. The molecule has 7 nitrogen and oxygen atoms in total. The van der Waals surface area contributed by atoms with E-state index in [0.717, 1.165) is 28.2 Å². The number of hydrogen-bond donors (Lipinski definition) is 1. The summed E-state index contributed by atoms with van der Waals surface area (Å²) in [4.78, 5) is 42.4. The van der Waals surface area contributed by atoms with Crippen LogP contribution in [0.2, 0.25) is 0 Å². The van der Waals surface area contributed by atoms with E-state index in [4.69, 9.17) is 4.74 Å². The minimum Gasteiger partial charge on any atom is -0.461 e.